The van der Waals surface area contributed by atoms with Crippen molar-refractivity contribution in [1.29, 1.82) is 0 Å². The van der Waals surface area contributed by atoms with Crippen LogP contribution in [0.4, 0.5) is 0 Å². The minimum atomic E-state index is -0.129. The number of nitrogens with one attached hydrogen (secondary N) is 1. The van der Waals surface area contributed by atoms with Crippen LogP contribution in [-0.2, 0) is 35.7 Å². The van der Waals surface area contributed by atoms with Crippen LogP contribution in [-0.4, -0.2) is 47.5 Å². The molecule has 140 valence electrons. The van der Waals surface area contributed by atoms with Crippen molar-refractivity contribution in [2.75, 3.05) is 26.9 Å². The predicted octanol–water partition coefficient (Wildman–Crippen LogP) is 1.56. The summed E-state index contributed by atoms with van der Waals surface area (Å²) in [6.07, 6.45) is 0. The maximum absolute atomic E-state index is 11.5. The average Bonchev–Trinajstić information content (AvgIpc) is 3.04. The summed E-state index contributed by atoms with van der Waals surface area (Å²) in [7, 11) is 1.51. The van der Waals surface area contributed by atoms with Crippen molar-refractivity contribution >= 4 is 5.91 Å². The van der Waals surface area contributed by atoms with E-state index in [2.05, 4.69) is 33.5 Å². The van der Waals surface area contributed by atoms with E-state index in [4.69, 9.17) is 9.47 Å². The van der Waals surface area contributed by atoms with Gasteiger partial charge in [-0.2, -0.15) is 5.10 Å². The summed E-state index contributed by atoms with van der Waals surface area (Å²) >= 11 is 0. The Labute approximate surface area is 153 Å². The highest BCUT2D eigenvalue weighted by molar-refractivity contribution is 5.77. The van der Waals surface area contributed by atoms with Gasteiger partial charge in [0.2, 0.25) is 5.91 Å². The highest BCUT2D eigenvalue weighted by Crippen LogP contribution is 2.18. The molecule has 0 atom stereocenters. The first-order valence-corrected chi connectivity index (χ1v) is 8.93. The Morgan fingerprint density at radius 1 is 1.27 bits per heavy atom. The highest BCUT2D eigenvalue weighted by Gasteiger charge is 2.18. The Bertz CT molecular complexity index is 727. The van der Waals surface area contributed by atoms with Crippen molar-refractivity contribution in [3.05, 3.63) is 47.3 Å². The number of benzene rings is 1. The van der Waals surface area contributed by atoms with Gasteiger partial charge >= 0.3 is 0 Å². The number of amides is 1. The number of methoxy groups -OCH3 is 1. The molecule has 0 fully saturated rings. The van der Waals surface area contributed by atoms with Gasteiger partial charge in [-0.05, 0) is 30.7 Å². The van der Waals surface area contributed by atoms with Gasteiger partial charge in [0.05, 0.1) is 31.1 Å². The first-order valence-electron chi connectivity index (χ1n) is 8.93. The monoisotopic (exact) mass is 358 g/mol. The molecule has 1 aliphatic heterocycles. The van der Waals surface area contributed by atoms with Crippen LogP contribution in [0.3, 0.4) is 0 Å². The van der Waals surface area contributed by atoms with Gasteiger partial charge in [0.25, 0.3) is 0 Å². The van der Waals surface area contributed by atoms with E-state index >= 15 is 0 Å². The molecule has 0 spiro atoms. The van der Waals surface area contributed by atoms with E-state index < -0.39 is 0 Å². The Balaban J connectivity index is 1.54. The number of rotatable bonds is 8. The van der Waals surface area contributed by atoms with Crippen LogP contribution in [0.25, 0.3) is 0 Å². The maximum Gasteiger partial charge on any atom is 0.246 e. The number of ether oxygens (including phenoxy) is 2. The fraction of sp³-hybridized carbons (Fsp3) is 0.474. The minimum Gasteiger partial charge on any atom is -0.494 e. The lowest BCUT2D eigenvalue weighted by atomic mass is 10.2. The lowest BCUT2D eigenvalue weighted by Gasteiger charge is -2.27. The SMILES string of the molecule is CCOc1ccc(CN2CCn3nc(CNC(=O)COC)cc3C2)cc1. The molecule has 26 heavy (non-hydrogen) atoms. The number of carbonyl (C=O) groups is 1. The van der Waals surface area contributed by atoms with Gasteiger partial charge in [-0.25, -0.2) is 0 Å². The van der Waals surface area contributed by atoms with Crippen molar-refractivity contribution in [1.82, 2.24) is 20.0 Å². The summed E-state index contributed by atoms with van der Waals surface area (Å²) in [5.74, 6) is 0.781. The van der Waals surface area contributed by atoms with Crippen LogP contribution in [0.15, 0.2) is 30.3 Å². The third kappa shape index (κ3) is 4.83. The van der Waals surface area contributed by atoms with Crippen LogP contribution >= 0.6 is 0 Å². The topological polar surface area (TPSA) is 68.6 Å². The molecule has 1 N–H and O–H groups in total. The lowest BCUT2D eigenvalue weighted by molar-refractivity contribution is -0.124. The second-order valence-corrected chi connectivity index (χ2v) is 6.35. The normalized spacial score (nSPS) is 14.1. The largest absolute Gasteiger partial charge is 0.494 e. The zero-order valence-electron chi connectivity index (χ0n) is 15.4. The molecule has 1 amide bonds. The summed E-state index contributed by atoms with van der Waals surface area (Å²) in [4.78, 5) is 13.9. The quantitative estimate of drug-likeness (QED) is 0.776. The first-order chi connectivity index (χ1) is 12.7. The number of hydrogen-bond acceptors (Lipinski definition) is 5. The van der Waals surface area contributed by atoms with E-state index in [1.165, 1.54) is 18.4 Å². The van der Waals surface area contributed by atoms with Crippen LogP contribution in [0.1, 0.15) is 23.9 Å². The van der Waals surface area contributed by atoms with E-state index in [0.29, 0.717) is 13.2 Å². The van der Waals surface area contributed by atoms with Crippen molar-refractivity contribution in [3.8, 4) is 5.75 Å². The predicted molar refractivity (Wildman–Crippen MR) is 97.7 cm³/mol. The van der Waals surface area contributed by atoms with Gasteiger partial charge in [-0.1, -0.05) is 12.1 Å². The van der Waals surface area contributed by atoms with Crippen LogP contribution in [0, 0.1) is 0 Å². The molecule has 0 unspecified atom stereocenters. The summed E-state index contributed by atoms with van der Waals surface area (Å²) < 4.78 is 12.3. The van der Waals surface area contributed by atoms with Crippen LogP contribution in [0.5, 0.6) is 5.75 Å². The summed E-state index contributed by atoms with van der Waals surface area (Å²) in [5.41, 5.74) is 3.33. The molecule has 0 aliphatic carbocycles. The fourth-order valence-electron chi connectivity index (χ4n) is 3.09. The maximum atomic E-state index is 11.5. The van der Waals surface area contributed by atoms with Crippen molar-refractivity contribution < 1.29 is 14.3 Å². The lowest BCUT2D eigenvalue weighted by Crippen LogP contribution is -2.33. The molecule has 0 saturated heterocycles. The van der Waals surface area contributed by atoms with Crippen LogP contribution < -0.4 is 10.1 Å². The molecule has 7 nitrogen and oxygen atoms in total. The molecule has 1 aromatic carbocycles. The summed E-state index contributed by atoms with van der Waals surface area (Å²) in [6.45, 7) is 6.75. The van der Waals surface area contributed by atoms with Crippen LogP contribution in [0.2, 0.25) is 0 Å². The number of carbonyl (C=O) groups excluding carboxylic acids is 1. The molecule has 1 aromatic heterocycles. The van der Waals surface area contributed by atoms with Gasteiger partial charge < -0.3 is 14.8 Å². The molecule has 7 heteroatoms. The summed E-state index contributed by atoms with van der Waals surface area (Å²) in [6, 6.07) is 10.3. The molecule has 2 heterocycles. The smallest absolute Gasteiger partial charge is 0.246 e. The zero-order valence-corrected chi connectivity index (χ0v) is 15.4. The van der Waals surface area contributed by atoms with Gasteiger partial charge in [0.15, 0.2) is 0 Å². The van der Waals surface area contributed by atoms with E-state index in [-0.39, 0.29) is 12.5 Å². The second kappa shape index (κ2) is 8.82. The Kier molecular flexibility index (Phi) is 6.25. The Hall–Kier alpha value is -2.38. The highest BCUT2D eigenvalue weighted by atomic mass is 16.5. The third-order valence-electron chi connectivity index (χ3n) is 4.31. The average molecular weight is 358 g/mol. The molecule has 1 aliphatic rings. The number of fused-ring (bicyclic) bond motifs is 1. The molecule has 0 saturated carbocycles. The molecule has 0 radical (unpaired) electrons. The third-order valence-corrected chi connectivity index (χ3v) is 4.31. The minimum absolute atomic E-state index is 0.0728. The number of hydrogen-bond donors (Lipinski definition) is 1. The van der Waals surface area contributed by atoms with Gasteiger partial charge in [-0.15, -0.1) is 0 Å². The Morgan fingerprint density at radius 3 is 2.81 bits per heavy atom. The van der Waals surface area contributed by atoms with E-state index in [1.54, 1.807) is 0 Å². The molecule has 3 rings (SSSR count). The van der Waals surface area contributed by atoms with E-state index in [0.717, 1.165) is 37.6 Å². The van der Waals surface area contributed by atoms with Gasteiger partial charge in [0, 0.05) is 26.7 Å². The van der Waals surface area contributed by atoms with Crippen molar-refractivity contribution in [2.45, 2.75) is 33.1 Å². The van der Waals surface area contributed by atoms with Gasteiger partial charge in [0.1, 0.15) is 12.4 Å². The summed E-state index contributed by atoms with van der Waals surface area (Å²) in [5, 5.41) is 7.38. The molecular weight excluding hydrogens is 332 g/mol. The zero-order chi connectivity index (χ0) is 18.4. The number of nitrogens with zero attached hydrogens (tertiary/aromatic N) is 3. The van der Waals surface area contributed by atoms with Gasteiger partial charge in [-0.3, -0.25) is 14.4 Å². The Morgan fingerprint density at radius 2 is 2.08 bits per heavy atom. The number of aromatic nitrogens is 2. The molecule has 2 aromatic rings. The van der Waals surface area contributed by atoms with E-state index in [1.807, 2.05) is 23.7 Å². The first kappa shape index (κ1) is 18.4. The van der Waals surface area contributed by atoms with E-state index in [9.17, 15) is 4.79 Å². The molecule has 0 bridgehead atoms. The van der Waals surface area contributed by atoms with Crippen molar-refractivity contribution in [2.24, 2.45) is 0 Å². The second-order valence-electron chi connectivity index (χ2n) is 6.35. The van der Waals surface area contributed by atoms with Crippen molar-refractivity contribution in [3.63, 3.8) is 0 Å². The standard InChI is InChI=1S/C19H26N4O3/c1-3-26-18-6-4-15(5-7-18)12-22-8-9-23-17(13-22)10-16(21-23)11-20-19(24)14-25-2/h4-7,10H,3,8-9,11-14H2,1-2H3,(H,20,24). The fourth-order valence-corrected chi connectivity index (χ4v) is 3.09. The molecular formula is C19H26N4O3.